The highest BCUT2D eigenvalue weighted by atomic mass is 32.2. The second kappa shape index (κ2) is 7.72. The number of hydrogen-bond donors (Lipinski definition) is 2. The predicted molar refractivity (Wildman–Crippen MR) is 110 cm³/mol. The van der Waals surface area contributed by atoms with Crippen molar-refractivity contribution in [2.45, 2.75) is 55.2 Å². The zero-order valence-electron chi connectivity index (χ0n) is 16.6. The van der Waals surface area contributed by atoms with Crippen LogP contribution in [0.4, 0.5) is 0 Å². The Labute approximate surface area is 171 Å². The van der Waals surface area contributed by atoms with Crippen LogP contribution < -0.4 is 11.1 Å². The molecule has 158 valence electrons. The first-order chi connectivity index (χ1) is 13.8. The highest BCUT2D eigenvalue weighted by Gasteiger charge is 2.46. The minimum Gasteiger partial charge on any atom is -0.368 e. The van der Waals surface area contributed by atoms with Crippen molar-refractivity contribution in [3.63, 3.8) is 0 Å². The van der Waals surface area contributed by atoms with Gasteiger partial charge in [0.15, 0.2) is 15.1 Å². The van der Waals surface area contributed by atoms with Crippen molar-refractivity contribution in [1.29, 1.82) is 0 Å². The average molecular weight is 420 g/mol. The van der Waals surface area contributed by atoms with Crippen LogP contribution in [0, 0.1) is 0 Å². The number of sulfone groups is 1. The number of nitrogens with two attached hydrogens (primary N) is 1. The summed E-state index contributed by atoms with van der Waals surface area (Å²) in [6.07, 6.45) is 5.74. The minimum atomic E-state index is -3.62. The van der Waals surface area contributed by atoms with Crippen molar-refractivity contribution in [2.24, 2.45) is 5.73 Å². The molecule has 2 atom stereocenters. The Kier molecular flexibility index (Phi) is 5.42. The first-order valence-corrected chi connectivity index (χ1v) is 12.2. The average Bonchev–Trinajstić information content (AvgIpc) is 3.26. The van der Waals surface area contributed by atoms with E-state index in [2.05, 4.69) is 10.2 Å². The predicted octanol–water partition coefficient (Wildman–Crippen LogP) is 0.975. The van der Waals surface area contributed by atoms with Gasteiger partial charge >= 0.3 is 0 Å². The van der Waals surface area contributed by atoms with Gasteiger partial charge in [0.2, 0.25) is 5.91 Å². The Morgan fingerprint density at radius 2 is 1.76 bits per heavy atom. The van der Waals surface area contributed by atoms with Gasteiger partial charge in [-0.1, -0.05) is 12.1 Å². The van der Waals surface area contributed by atoms with E-state index >= 15 is 0 Å². The molecule has 2 saturated heterocycles. The number of rotatable bonds is 6. The molecular weight excluding hydrogens is 390 g/mol. The van der Waals surface area contributed by atoms with E-state index < -0.39 is 27.0 Å². The van der Waals surface area contributed by atoms with Gasteiger partial charge in [0, 0.05) is 17.5 Å². The largest absolute Gasteiger partial charge is 0.368 e. The maximum absolute atomic E-state index is 12.7. The van der Waals surface area contributed by atoms with Crippen LogP contribution >= 0.6 is 0 Å². The van der Waals surface area contributed by atoms with Crippen LogP contribution in [0.15, 0.2) is 24.3 Å². The quantitative estimate of drug-likeness (QED) is 0.714. The molecule has 2 heterocycles. The highest BCUT2D eigenvalue weighted by Crippen LogP contribution is 2.49. The zero-order chi connectivity index (χ0) is 20.6. The van der Waals surface area contributed by atoms with E-state index in [0.29, 0.717) is 18.4 Å². The summed E-state index contributed by atoms with van der Waals surface area (Å²) in [5, 5.41) is 1.38. The molecule has 4 rings (SSSR count). The zero-order valence-corrected chi connectivity index (χ0v) is 17.4. The molecule has 3 N–H and O–H groups in total. The molecule has 1 aromatic carbocycles. The van der Waals surface area contributed by atoms with Crippen LogP contribution in [-0.4, -0.2) is 61.8 Å². The first-order valence-electron chi connectivity index (χ1n) is 10.5. The smallest absolute Gasteiger partial charge is 0.251 e. The number of carbonyl (C=O) groups is 2. The van der Waals surface area contributed by atoms with Gasteiger partial charge < -0.3 is 16.0 Å². The van der Waals surface area contributed by atoms with Gasteiger partial charge in [-0.15, -0.1) is 0 Å². The van der Waals surface area contributed by atoms with Gasteiger partial charge in [-0.3, -0.25) is 9.59 Å². The van der Waals surface area contributed by atoms with E-state index in [1.165, 1.54) is 44.3 Å². The molecule has 0 radical (unpaired) electrons. The van der Waals surface area contributed by atoms with Crippen molar-refractivity contribution < 1.29 is 18.0 Å². The third kappa shape index (κ3) is 4.19. The second-order valence-electron chi connectivity index (χ2n) is 8.75. The number of likely N-dealkylation sites (tertiary alicyclic amines) is 1. The van der Waals surface area contributed by atoms with E-state index in [-0.39, 0.29) is 17.1 Å². The lowest BCUT2D eigenvalue weighted by Gasteiger charge is -2.29. The van der Waals surface area contributed by atoms with Crippen LogP contribution in [0.2, 0.25) is 0 Å². The Morgan fingerprint density at radius 1 is 1.10 bits per heavy atom. The van der Waals surface area contributed by atoms with Crippen LogP contribution in [-0.2, 0) is 20.0 Å². The summed E-state index contributed by atoms with van der Waals surface area (Å²) in [6, 6.07) is 6.85. The fraction of sp³-hybridized carbons (Fsp3) is 0.619. The molecule has 8 heteroatoms. The number of nitrogens with zero attached hydrogens (tertiary/aromatic N) is 1. The molecule has 1 saturated carbocycles. The van der Waals surface area contributed by atoms with Gasteiger partial charge in [0.25, 0.3) is 5.91 Å². The van der Waals surface area contributed by atoms with Gasteiger partial charge in [-0.05, 0) is 69.3 Å². The van der Waals surface area contributed by atoms with Gasteiger partial charge in [-0.25, -0.2) is 8.42 Å². The van der Waals surface area contributed by atoms with Crippen molar-refractivity contribution in [1.82, 2.24) is 10.2 Å². The van der Waals surface area contributed by atoms with Gasteiger partial charge in [-0.2, -0.15) is 0 Å². The standard InChI is InChI=1S/C21H29N3O4S/c22-19(25)18-17(4-3-13-29(18,27)28)23-20(26)15-5-7-16(8-6-15)21(9-10-21)14-24-11-1-2-12-24/h5-8,17-18H,1-4,9-14H2,(H2,22,25)(H,23,26). The normalized spacial score (nSPS) is 28.0. The Balaban J connectivity index is 1.44. The molecule has 3 aliphatic rings. The molecular formula is C21H29N3O4S. The van der Waals surface area contributed by atoms with Gasteiger partial charge in [0.05, 0.1) is 11.8 Å². The summed E-state index contributed by atoms with van der Waals surface area (Å²) in [4.78, 5) is 26.9. The second-order valence-corrected chi connectivity index (χ2v) is 11.0. The van der Waals surface area contributed by atoms with E-state index in [9.17, 15) is 18.0 Å². The summed E-state index contributed by atoms with van der Waals surface area (Å²) >= 11 is 0. The monoisotopic (exact) mass is 419 g/mol. The molecule has 2 aliphatic heterocycles. The molecule has 1 aliphatic carbocycles. The maximum Gasteiger partial charge on any atom is 0.251 e. The molecule has 0 bridgehead atoms. The summed E-state index contributed by atoms with van der Waals surface area (Å²) in [7, 11) is -3.62. The molecule has 0 spiro atoms. The van der Waals surface area contributed by atoms with E-state index in [1.807, 2.05) is 12.1 Å². The lowest BCUT2D eigenvalue weighted by Crippen LogP contribution is -2.55. The summed E-state index contributed by atoms with van der Waals surface area (Å²) < 4.78 is 24.4. The Hall–Kier alpha value is -1.93. The molecule has 3 fully saturated rings. The SMILES string of the molecule is NC(=O)C1C(NC(=O)c2ccc(C3(CN4CCCC4)CC3)cc2)CCCS1(=O)=O. The number of benzene rings is 1. The maximum atomic E-state index is 12.7. The Morgan fingerprint density at radius 3 is 2.34 bits per heavy atom. The van der Waals surface area contributed by atoms with E-state index in [0.717, 1.165) is 6.54 Å². The van der Waals surface area contributed by atoms with Crippen LogP contribution in [0.5, 0.6) is 0 Å². The summed E-state index contributed by atoms with van der Waals surface area (Å²) in [5.74, 6) is -1.34. The third-order valence-electron chi connectivity index (χ3n) is 6.63. The van der Waals surface area contributed by atoms with Crippen LogP contribution in [0.1, 0.15) is 54.4 Å². The fourth-order valence-electron chi connectivity index (χ4n) is 4.84. The molecule has 2 amide bonds. The van der Waals surface area contributed by atoms with Crippen molar-refractivity contribution in [3.05, 3.63) is 35.4 Å². The molecule has 0 aromatic heterocycles. The lowest BCUT2D eigenvalue weighted by molar-refractivity contribution is -0.118. The fourth-order valence-corrected chi connectivity index (χ4v) is 6.72. The minimum absolute atomic E-state index is 0.0687. The molecule has 29 heavy (non-hydrogen) atoms. The van der Waals surface area contributed by atoms with Crippen LogP contribution in [0.25, 0.3) is 0 Å². The van der Waals surface area contributed by atoms with Crippen LogP contribution in [0.3, 0.4) is 0 Å². The van der Waals surface area contributed by atoms with Gasteiger partial charge in [0.1, 0.15) is 0 Å². The van der Waals surface area contributed by atoms with Crippen molar-refractivity contribution >= 4 is 21.7 Å². The number of amides is 2. The lowest BCUT2D eigenvalue weighted by atomic mass is 9.94. The highest BCUT2D eigenvalue weighted by molar-refractivity contribution is 7.92. The Bertz CT molecular complexity index is 887. The van der Waals surface area contributed by atoms with E-state index in [4.69, 9.17) is 5.73 Å². The number of carbonyl (C=O) groups excluding carboxylic acids is 2. The molecule has 2 unspecified atom stereocenters. The summed E-state index contributed by atoms with van der Waals surface area (Å²) in [5.41, 5.74) is 7.26. The van der Waals surface area contributed by atoms with E-state index in [1.54, 1.807) is 12.1 Å². The molecule has 1 aromatic rings. The van der Waals surface area contributed by atoms with Crippen molar-refractivity contribution in [3.8, 4) is 0 Å². The number of primary amides is 1. The number of hydrogen-bond acceptors (Lipinski definition) is 5. The number of nitrogens with one attached hydrogen (secondary N) is 1. The third-order valence-corrected chi connectivity index (χ3v) is 8.82. The summed E-state index contributed by atoms with van der Waals surface area (Å²) in [6.45, 7) is 3.43. The first kappa shape index (κ1) is 20.3. The molecule has 7 nitrogen and oxygen atoms in total. The van der Waals surface area contributed by atoms with Crippen molar-refractivity contribution in [2.75, 3.05) is 25.4 Å². The topological polar surface area (TPSA) is 110 Å².